The zero-order valence-electron chi connectivity index (χ0n) is 10.1. The Labute approximate surface area is 141 Å². The van der Waals surface area contributed by atoms with Crippen molar-refractivity contribution in [3.63, 3.8) is 0 Å². The number of hydrogen-bond donors (Lipinski definition) is 1. The standard InChI is InChI=1S/C13H9Br2N3S2/c14-9-6-8(11(15)19-9)12-17-18-13(20-12)10(16)7-4-2-1-3-5-7/h1-6,10H,16H2. The van der Waals surface area contributed by atoms with Crippen LogP contribution in [0.15, 0.2) is 44.0 Å². The molecule has 2 heterocycles. The Balaban J connectivity index is 1.93. The summed E-state index contributed by atoms with van der Waals surface area (Å²) in [5, 5.41) is 10.2. The predicted octanol–water partition coefficient (Wildman–Crippen LogP) is 4.84. The van der Waals surface area contributed by atoms with Crippen LogP contribution in [0.1, 0.15) is 16.6 Å². The highest BCUT2D eigenvalue weighted by atomic mass is 79.9. The SMILES string of the molecule is NC(c1ccccc1)c1nnc(-c2cc(Br)sc2Br)s1. The van der Waals surface area contributed by atoms with Gasteiger partial charge in [-0.3, -0.25) is 0 Å². The highest BCUT2D eigenvalue weighted by Gasteiger charge is 2.17. The minimum atomic E-state index is -0.233. The van der Waals surface area contributed by atoms with E-state index in [1.807, 2.05) is 36.4 Å². The number of hydrogen-bond acceptors (Lipinski definition) is 5. The first-order valence-electron chi connectivity index (χ1n) is 5.74. The number of nitrogens with zero attached hydrogens (tertiary/aromatic N) is 2. The summed E-state index contributed by atoms with van der Waals surface area (Å²) in [7, 11) is 0. The van der Waals surface area contributed by atoms with Gasteiger partial charge in [-0.25, -0.2) is 0 Å². The molecule has 3 rings (SSSR count). The van der Waals surface area contributed by atoms with E-state index in [1.165, 1.54) is 11.3 Å². The van der Waals surface area contributed by atoms with Crippen molar-refractivity contribution in [2.24, 2.45) is 5.73 Å². The van der Waals surface area contributed by atoms with E-state index in [2.05, 4.69) is 42.1 Å². The maximum absolute atomic E-state index is 6.24. The van der Waals surface area contributed by atoms with Gasteiger partial charge in [0.05, 0.1) is 13.6 Å². The van der Waals surface area contributed by atoms with Crippen LogP contribution in [0.2, 0.25) is 0 Å². The summed E-state index contributed by atoms with van der Waals surface area (Å²) in [5.74, 6) is 0. The van der Waals surface area contributed by atoms with E-state index in [4.69, 9.17) is 5.73 Å². The Morgan fingerprint density at radius 2 is 1.80 bits per heavy atom. The monoisotopic (exact) mass is 429 g/mol. The highest BCUT2D eigenvalue weighted by Crippen LogP contribution is 2.40. The fourth-order valence-corrected chi connectivity index (χ4v) is 5.65. The van der Waals surface area contributed by atoms with E-state index in [-0.39, 0.29) is 6.04 Å². The summed E-state index contributed by atoms with van der Waals surface area (Å²) < 4.78 is 2.10. The fourth-order valence-electron chi connectivity index (χ4n) is 1.76. The molecule has 1 aromatic carbocycles. The summed E-state index contributed by atoms with van der Waals surface area (Å²) in [6.45, 7) is 0. The predicted molar refractivity (Wildman–Crippen MR) is 91.1 cm³/mol. The van der Waals surface area contributed by atoms with Gasteiger partial charge in [-0.05, 0) is 43.5 Å². The second kappa shape index (κ2) is 6.03. The molecule has 2 aromatic heterocycles. The maximum Gasteiger partial charge on any atom is 0.149 e. The first-order chi connectivity index (χ1) is 9.65. The lowest BCUT2D eigenvalue weighted by atomic mass is 10.1. The molecule has 102 valence electrons. The summed E-state index contributed by atoms with van der Waals surface area (Å²) in [6.07, 6.45) is 0. The second-order valence-corrected chi connectivity index (χ2v) is 8.83. The molecule has 0 fully saturated rings. The van der Waals surface area contributed by atoms with Crippen molar-refractivity contribution < 1.29 is 0 Å². The molecule has 0 aliphatic rings. The summed E-state index contributed by atoms with van der Waals surface area (Å²) in [5.41, 5.74) is 8.33. The summed E-state index contributed by atoms with van der Waals surface area (Å²) >= 11 is 10.2. The molecule has 0 saturated heterocycles. The normalized spacial score (nSPS) is 12.6. The van der Waals surface area contributed by atoms with E-state index in [9.17, 15) is 0 Å². The number of aromatic nitrogens is 2. The number of thiophene rings is 1. The summed E-state index contributed by atoms with van der Waals surface area (Å²) in [6, 6.07) is 11.7. The van der Waals surface area contributed by atoms with Crippen molar-refractivity contribution in [3.8, 4) is 10.6 Å². The van der Waals surface area contributed by atoms with E-state index in [1.54, 1.807) is 11.3 Å². The van der Waals surface area contributed by atoms with Crippen molar-refractivity contribution >= 4 is 54.5 Å². The number of rotatable bonds is 3. The number of halogens is 2. The molecule has 3 aromatic rings. The topological polar surface area (TPSA) is 51.8 Å². The van der Waals surface area contributed by atoms with Gasteiger partial charge in [0, 0.05) is 5.56 Å². The van der Waals surface area contributed by atoms with Crippen molar-refractivity contribution in [3.05, 3.63) is 54.5 Å². The number of nitrogens with two attached hydrogens (primary N) is 1. The maximum atomic E-state index is 6.24. The van der Waals surface area contributed by atoms with Crippen LogP contribution in [0.5, 0.6) is 0 Å². The van der Waals surface area contributed by atoms with Crippen LogP contribution < -0.4 is 5.73 Å². The fraction of sp³-hybridized carbons (Fsp3) is 0.0769. The van der Waals surface area contributed by atoms with Gasteiger partial charge in [-0.15, -0.1) is 21.5 Å². The van der Waals surface area contributed by atoms with Crippen LogP contribution >= 0.6 is 54.5 Å². The third-order valence-corrected chi connectivity index (χ3v) is 6.13. The molecule has 0 aliphatic carbocycles. The van der Waals surface area contributed by atoms with Gasteiger partial charge in [0.25, 0.3) is 0 Å². The van der Waals surface area contributed by atoms with Crippen molar-refractivity contribution in [2.45, 2.75) is 6.04 Å². The van der Waals surface area contributed by atoms with Gasteiger partial charge < -0.3 is 5.73 Å². The van der Waals surface area contributed by atoms with E-state index >= 15 is 0 Å². The van der Waals surface area contributed by atoms with E-state index < -0.39 is 0 Å². The molecular formula is C13H9Br2N3S2. The molecule has 3 nitrogen and oxygen atoms in total. The second-order valence-electron chi connectivity index (χ2n) is 4.07. The van der Waals surface area contributed by atoms with Crippen LogP contribution in [0.4, 0.5) is 0 Å². The minimum absolute atomic E-state index is 0.233. The van der Waals surface area contributed by atoms with E-state index in [0.29, 0.717) is 0 Å². The molecule has 0 saturated carbocycles. The van der Waals surface area contributed by atoms with Gasteiger partial charge in [0.2, 0.25) is 0 Å². The molecule has 0 amide bonds. The van der Waals surface area contributed by atoms with Gasteiger partial charge in [0.15, 0.2) is 0 Å². The average Bonchev–Trinajstić information content (AvgIpc) is 3.05. The summed E-state index contributed by atoms with van der Waals surface area (Å²) in [4.78, 5) is 0. The van der Waals surface area contributed by atoms with Crippen LogP contribution in [-0.4, -0.2) is 10.2 Å². The Hall–Kier alpha value is -0.600. The molecule has 0 spiro atoms. The smallest absolute Gasteiger partial charge is 0.149 e. The Kier molecular flexibility index (Phi) is 4.32. The molecule has 0 radical (unpaired) electrons. The largest absolute Gasteiger partial charge is 0.318 e. The molecule has 0 bridgehead atoms. The molecule has 20 heavy (non-hydrogen) atoms. The Bertz CT molecular complexity index is 724. The Morgan fingerprint density at radius 3 is 2.45 bits per heavy atom. The zero-order chi connectivity index (χ0) is 14.1. The average molecular weight is 431 g/mol. The minimum Gasteiger partial charge on any atom is -0.318 e. The quantitative estimate of drug-likeness (QED) is 0.646. The third kappa shape index (κ3) is 2.87. The van der Waals surface area contributed by atoms with E-state index in [0.717, 1.165) is 28.7 Å². The molecule has 7 heteroatoms. The van der Waals surface area contributed by atoms with Gasteiger partial charge in [0.1, 0.15) is 10.0 Å². The molecule has 1 unspecified atom stereocenters. The molecular weight excluding hydrogens is 422 g/mol. The van der Waals surface area contributed by atoms with Crippen molar-refractivity contribution in [1.82, 2.24) is 10.2 Å². The third-order valence-electron chi connectivity index (χ3n) is 2.75. The number of benzene rings is 1. The lowest BCUT2D eigenvalue weighted by molar-refractivity contribution is 0.831. The lowest BCUT2D eigenvalue weighted by Crippen LogP contribution is -2.11. The highest BCUT2D eigenvalue weighted by molar-refractivity contribution is 9.12. The van der Waals surface area contributed by atoms with Gasteiger partial charge in [-0.2, -0.15) is 0 Å². The van der Waals surface area contributed by atoms with Crippen LogP contribution in [0, 0.1) is 0 Å². The van der Waals surface area contributed by atoms with Crippen LogP contribution in [0.25, 0.3) is 10.6 Å². The lowest BCUT2D eigenvalue weighted by Gasteiger charge is -2.06. The molecule has 2 N–H and O–H groups in total. The van der Waals surface area contributed by atoms with Crippen molar-refractivity contribution in [2.75, 3.05) is 0 Å². The van der Waals surface area contributed by atoms with Crippen molar-refractivity contribution in [1.29, 1.82) is 0 Å². The van der Waals surface area contributed by atoms with Gasteiger partial charge >= 0.3 is 0 Å². The first kappa shape index (κ1) is 14.3. The first-order valence-corrected chi connectivity index (χ1v) is 8.96. The molecule has 1 atom stereocenters. The van der Waals surface area contributed by atoms with Crippen LogP contribution in [0.3, 0.4) is 0 Å². The molecule has 0 aliphatic heterocycles. The Morgan fingerprint density at radius 1 is 1.05 bits per heavy atom. The van der Waals surface area contributed by atoms with Gasteiger partial charge in [-0.1, -0.05) is 41.7 Å². The van der Waals surface area contributed by atoms with Crippen LogP contribution in [-0.2, 0) is 0 Å². The zero-order valence-corrected chi connectivity index (χ0v) is 14.9.